The molecule has 9 nitrogen and oxygen atoms in total. The molecule has 0 aliphatic carbocycles. The van der Waals surface area contributed by atoms with Gasteiger partial charge in [0.25, 0.3) is 0 Å². The normalized spacial score (nSPS) is 11.0. The van der Waals surface area contributed by atoms with Crippen molar-refractivity contribution in [1.82, 2.24) is 19.7 Å². The number of aromatic nitrogens is 4. The largest absolute Gasteiger partial charge is 0.497 e. The van der Waals surface area contributed by atoms with E-state index in [4.69, 9.17) is 25.3 Å². The number of fused-ring (bicyclic) bond motifs is 1. The van der Waals surface area contributed by atoms with Crippen molar-refractivity contribution < 1.29 is 14.6 Å². The second-order valence-corrected chi connectivity index (χ2v) is 7.51. The number of aliphatic hydroxyl groups is 1. The van der Waals surface area contributed by atoms with Crippen LogP contribution < -0.4 is 20.1 Å². The number of hydrogen-bond donors (Lipinski definition) is 2. The van der Waals surface area contributed by atoms with Gasteiger partial charge in [0.2, 0.25) is 0 Å². The number of rotatable bonds is 10. The maximum absolute atomic E-state index is 9.13. The van der Waals surface area contributed by atoms with Crippen molar-refractivity contribution in [2.45, 2.75) is 13.0 Å². The summed E-state index contributed by atoms with van der Waals surface area (Å²) in [5.41, 5.74) is 10.9. The van der Waals surface area contributed by atoms with E-state index in [-0.39, 0.29) is 6.61 Å². The predicted octanol–water partition coefficient (Wildman–Crippen LogP) is 2.99. The average Bonchev–Trinajstić information content (AvgIpc) is 3.32. The molecule has 0 atom stereocenters. The molecule has 0 unspecified atom stereocenters. The Hall–Kier alpha value is -3.69. The fourth-order valence-corrected chi connectivity index (χ4v) is 3.63. The summed E-state index contributed by atoms with van der Waals surface area (Å²) in [6.07, 6.45) is 6.13. The fraction of sp³-hybridized carbons (Fsp3) is 0.292. The standard InChI is InChI=1S/C24H28N6O3/c1-32-20-10-19(11-21(13-20)33-2)30(7-3-6-25)18-4-5-22-23(12-18)28-24(15-26-22)17-14-27-29(16-17)8-9-31/h4-5,10-16,31H,3,6-9,25H2,1-2H3. The molecule has 33 heavy (non-hydrogen) atoms. The maximum atomic E-state index is 9.13. The van der Waals surface area contributed by atoms with E-state index in [0.29, 0.717) is 24.6 Å². The molecule has 0 spiro atoms. The zero-order valence-electron chi connectivity index (χ0n) is 18.8. The molecule has 0 fully saturated rings. The van der Waals surface area contributed by atoms with Gasteiger partial charge in [0.15, 0.2) is 0 Å². The minimum absolute atomic E-state index is 0.0293. The van der Waals surface area contributed by atoms with Gasteiger partial charge in [-0.3, -0.25) is 9.67 Å². The molecule has 0 aliphatic rings. The number of nitrogens with two attached hydrogens (primary N) is 1. The van der Waals surface area contributed by atoms with Crippen LogP contribution in [0.3, 0.4) is 0 Å². The van der Waals surface area contributed by atoms with Gasteiger partial charge in [0, 0.05) is 47.9 Å². The second kappa shape index (κ2) is 10.3. The SMILES string of the molecule is COc1cc(OC)cc(N(CCCN)c2ccc3ncc(-c4cnn(CCO)c4)nc3c2)c1. The quantitative estimate of drug-likeness (QED) is 0.381. The maximum Gasteiger partial charge on any atom is 0.124 e. The predicted molar refractivity (Wildman–Crippen MR) is 128 cm³/mol. The van der Waals surface area contributed by atoms with Gasteiger partial charge in [-0.25, -0.2) is 4.98 Å². The van der Waals surface area contributed by atoms with Gasteiger partial charge in [0.05, 0.1) is 56.5 Å². The smallest absolute Gasteiger partial charge is 0.124 e. The summed E-state index contributed by atoms with van der Waals surface area (Å²) in [5.74, 6) is 1.43. The molecule has 4 rings (SSSR count). The third-order valence-electron chi connectivity index (χ3n) is 5.33. The minimum Gasteiger partial charge on any atom is -0.497 e. The Labute approximate surface area is 192 Å². The molecule has 2 aromatic heterocycles. The Balaban J connectivity index is 1.74. The molecule has 0 amide bonds. The third kappa shape index (κ3) is 5.05. The summed E-state index contributed by atoms with van der Waals surface area (Å²) in [4.78, 5) is 11.6. The van der Waals surface area contributed by atoms with E-state index in [1.54, 1.807) is 31.3 Å². The van der Waals surface area contributed by atoms with Crippen LogP contribution >= 0.6 is 0 Å². The number of nitrogens with zero attached hydrogens (tertiary/aromatic N) is 5. The van der Waals surface area contributed by atoms with Crippen LogP contribution in [0.4, 0.5) is 11.4 Å². The van der Waals surface area contributed by atoms with Gasteiger partial charge < -0.3 is 25.2 Å². The van der Waals surface area contributed by atoms with Gasteiger partial charge in [-0.15, -0.1) is 0 Å². The summed E-state index contributed by atoms with van der Waals surface area (Å²) < 4.78 is 12.6. The topological polar surface area (TPSA) is 112 Å². The number of anilines is 2. The minimum atomic E-state index is 0.0293. The van der Waals surface area contributed by atoms with Gasteiger partial charge in [-0.1, -0.05) is 0 Å². The molecule has 0 radical (unpaired) electrons. The van der Waals surface area contributed by atoms with E-state index in [1.807, 2.05) is 42.6 Å². The van der Waals surface area contributed by atoms with Crippen molar-refractivity contribution in [2.24, 2.45) is 5.73 Å². The first-order chi connectivity index (χ1) is 16.1. The highest BCUT2D eigenvalue weighted by atomic mass is 16.5. The van der Waals surface area contributed by atoms with Crippen molar-refractivity contribution in [1.29, 1.82) is 0 Å². The molecule has 0 saturated carbocycles. The zero-order chi connectivity index (χ0) is 23.2. The van der Waals surface area contributed by atoms with Gasteiger partial charge in [0.1, 0.15) is 11.5 Å². The zero-order valence-corrected chi connectivity index (χ0v) is 18.8. The highest BCUT2D eigenvalue weighted by Crippen LogP contribution is 2.34. The Morgan fingerprint density at radius 2 is 1.79 bits per heavy atom. The molecule has 0 saturated heterocycles. The molecule has 4 aromatic rings. The monoisotopic (exact) mass is 448 g/mol. The molecule has 2 heterocycles. The number of methoxy groups -OCH3 is 2. The molecule has 0 bridgehead atoms. The van der Waals surface area contributed by atoms with Crippen molar-refractivity contribution in [3.63, 3.8) is 0 Å². The summed E-state index contributed by atoms with van der Waals surface area (Å²) in [7, 11) is 3.28. The van der Waals surface area contributed by atoms with Crippen molar-refractivity contribution in [2.75, 3.05) is 38.8 Å². The highest BCUT2D eigenvalue weighted by Gasteiger charge is 2.14. The lowest BCUT2D eigenvalue weighted by Crippen LogP contribution is -2.21. The highest BCUT2D eigenvalue weighted by molar-refractivity contribution is 5.82. The first kappa shape index (κ1) is 22.5. The number of ether oxygens (including phenoxy) is 2. The van der Waals surface area contributed by atoms with Crippen LogP contribution in [0.25, 0.3) is 22.3 Å². The molecule has 3 N–H and O–H groups in total. The summed E-state index contributed by atoms with van der Waals surface area (Å²) in [6.45, 7) is 1.76. The van der Waals surface area contributed by atoms with E-state index >= 15 is 0 Å². The van der Waals surface area contributed by atoms with Gasteiger partial charge in [-0.05, 0) is 31.2 Å². The summed E-state index contributed by atoms with van der Waals surface area (Å²) in [6, 6.07) is 11.8. The number of benzene rings is 2. The Kier molecular flexibility index (Phi) is 7.01. The number of aliphatic hydroxyl groups excluding tert-OH is 1. The molecule has 2 aromatic carbocycles. The Morgan fingerprint density at radius 3 is 2.48 bits per heavy atom. The molecule has 9 heteroatoms. The molecular weight excluding hydrogens is 420 g/mol. The van der Waals surface area contributed by atoms with Crippen LogP contribution in [-0.4, -0.2) is 58.8 Å². The van der Waals surface area contributed by atoms with Crippen molar-refractivity contribution in [3.8, 4) is 22.8 Å². The first-order valence-electron chi connectivity index (χ1n) is 10.8. The van der Waals surface area contributed by atoms with Crippen LogP contribution in [0.1, 0.15) is 6.42 Å². The Morgan fingerprint density at radius 1 is 1.00 bits per heavy atom. The van der Waals surface area contributed by atoms with Gasteiger partial charge >= 0.3 is 0 Å². The fourth-order valence-electron chi connectivity index (χ4n) is 3.63. The number of hydrogen-bond acceptors (Lipinski definition) is 8. The Bertz CT molecular complexity index is 1200. The van der Waals surface area contributed by atoms with Crippen molar-refractivity contribution >= 4 is 22.4 Å². The van der Waals surface area contributed by atoms with Gasteiger partial charge in [-0.2, -0.15) is 5.10 Å². The second-order valence-electron chi connectivity index (χ2n) is 7.51. The van der Waals surface area contributed by atoms with Crippen LogP contribution in [0, 0.1) is 0 Å². The van der Waals surface area contributed by atoms with Crippen molar-refractivity contribution in [3.05, 3.63) is 55.0 Å². The molecular formula is C24H28N6O3. The van der Waals surface area contributed by atoms with E-state index in [2.05, 4.69) is 15.0 Å². The lowest BCUT2D eigenvalue weighted by Gasteiger charge is -2.26. The van der Waals surface area contributed by atoms with Crippen LogP contribution in [0.2, 0.25) is 0 Å². The third-order valence-corrected chi connectivity index (χ3v) is 5.33. The summed E-state index contributed by atoms with van der Waals surface area (Å²) >= 11 is 0. The van der Waals surface area contributed by atoms with E-state index < -0.39 is 0 Å². The van der Waals surface area contributed by atoms with E-state index in [1.165, 1.54) is 0 Å². The molecule has 0 aliphatic heterocycles. The van der Waals surface area contributed by atoms with Crippen LogP contribution in [-0.2, 0) is 6.54 Å². The lowest BCUT2D eigenvalue weighted by molar-refractivity contribution is 0.269. The van der Waals surface area contributed by atoms with Crippen LogP contribution in [0.5, 0.6) is 11.5 Å². The average molecular weight is 449 g/mol. The van der Waals surface area contributed by atoms with E-state index in [0.717, 1.165) is 46.6 Å². The van der Waals surface area contributed by atoms with Crippen LogP contribution in [0.15, 0.2) is 55.0 Å². The lowest BCUT2D eigenvalue weighted by atomic mass is 10.1. The van der Waals surface area contributed by atoms with E-state index in [9.17, 15) is 0 Å². The summed E-state index contributed by atoms with van der Waals surface area (Å²) in [5, 5.41) is 13.4. The first-order valence-corrected chi connectivity index (χ1v) is 10.8. The molecule has 172 valence electrons.